The van der Waals surface area contributed by atoms with Gasteiger partial charge < -0.3 is 10.8 Å². The van der Waals surface area contributed by atoms with Crippen LogP contribution >= 0.6 is 23.4 Å². The van der Waals surface area contributed by atoms with Gasteiger partial charge >= 0.3 is 5.97 Å². The van der Waals surface area contributed by atoms with Crippen molar-refractivity contribution >= 4 is 35.3 Å². The quantitative estimate of drug-likeness (QED) is 0.837. The highest BCUT2D eigenvalue weighted by Gasteiger charge is 2.16. The molecule has 1 aromatic heterocycles. The Balaban J connectivity index is 2.46. The number of nitrogens with zero attached hydrogens (tertiary/aromatic N) is 3. The Morgan fingerprint density at radius 3 is 2.95 bits per heavy atom. The number of nitrogens with two attached hydrogens (primary N) is 1. The van der Waals surface area contributed by atoms with Gasteiger partial charge in [-0.2, -0.15) is 0 Å². The van der Waals surface area contributed by atoms with E-state index in [0.29, 0.717) is 5.02 Å². The molecule has 1 aromatic carbocycles. The van der Waals surface area contributed by atoms with Crippen LogP contribution in [0.4, 0.5) is 10.3 Å². The first-order valence-corrected chi connectivity index (χ1v) is 6.36. The van der Waals surface area contributed by atoms with Crippen LogP contribution in [0.3, 0.4) is 0 Å². The first-order chi connectivity index (χ1) is 8.99. The summed E-state index contributed by atoms with van der Waals surface area (Å²) in [5.74, 6) is -1.87. The molecule has 19 heavy (non-hydrogen) atoms. The van der Waals surface area contributed by atoms with Crippen molar-refractivity contribution < 1.29 is 14.3 Å². The van der Waals surface area contributed by atoms with Crippen molar-refractivity contribution in [2.24, 2.45) is 0 Å². The first-order valence-electron chi connectivity index (χ1n) is 5.00. The number of halogens is 2. The summed E-state index contributed by atoms with van der Waals surface area (Å²) in [6, 6.07) is 3.94. The molecule has 0 aliphatic heterocycles. The molecule has 0 aliphatic rings. The SMILES string of the molecule is Nc1nnc(SCC(=O)O)n1-c1cc(Cl)ccc1F. The number of carboxylic acids is 1. The minimum absolute atomic E-state index is 0.0472. The predicted molar refractivity (Wildman–Crippen MR) is 69.1 cm³/mol. The molecule has 3 N–H and O–H groups in total. The zero-order valence-electron chi connectivity index (χ0n) is 9.38. The van der Waals surface area contributed by atoms with Crippen molar-refractivity contribution in [1.82, 2.24) is 14.8 Å². The number of thioether (sulfide) groups is 1. The molecule has 0 spiro atoms. The largest absolute Gasteiger partial charge is 0.481 e. The number of anilines is 1. The summed E-state index contributed by atoms with van der Waals surface area (Å²) in [4.78, 5) is 10.5. The summed E-state index contributed by atoms with van der Waals surface area (Å²) in [7, 11) is 0. The summed E-state index contributed by atoms with van der Waals surface area (Å²) in [6.45, 7) is 0. The van der Waals surface area contributed by atoms with E-state index in [1.165, 1.54) is 22.8 Å². The topological polar surface area (TPSA) is 94.0 Å². The number of benzene rings is 1. The van der Waals surface area contributed by atoms with Crippen molar-refractivity contribution in [1.29, 1.82) is 0 Å². The van der Waals surface area contributed by atoms with E-state index in [-0.39, 0.29) is 22.5 Å². The average molecular weight is 303 g/mol. The molecule has 2 rings (SSSR count). The molecule has 1 heterocycles. The average Bonchev–Trinajstić information content (AvgIpc) is 2.71. The predicted octanol–water partition coefficient (Wildman–Crippen LogP) is 1.82. The van der Waals surface area contributed by atoms with Crippen LogP contribution in [0.5, 0.6) is 0 Å². The van der Waals surface area contributed by atoms with E-state index >= 15 is 0 Å². The van der Waals surface area contributed by atoms with Gasteiger partial charge in [0.15, 0.2) is 5.16 Å². The fraction of sp³-hybridized carbons (Fsp3) is 0.100. The van der Waals surface area contributed by atoms with Crippen LogP contribution in [0.15, 0.2) is 23.4 Å². The van der Waals surface area contributed by atoms with Crippen LogP contribution in [0.25, 0.3) is 5.69 Å². The van der Waals surface area contributed by atoms with Crippen LogP contribution in [0, 0.1) is 5.82 Å². The van der Waals surface area contributed by atoms with Crippen molar-refractivity contribution in [3.63, 3.8) is 0 Å². The van der Waals surface area contributed by atoms with E-state index in [9.17, 15) is 9.18 Å². The molecule has 9 heteroatoms. The van der Waals surface area contributed by atoms with Crippen LogP contribution < -0.4 is 5.73 Å². The molecule has 0 amide bonds. The van der Waals surface area contributed by atoms with E-state index < -0.39 is 11.8 Å². The smallest absolute Gasteiger partial charge is 0.313 e. The molecule has 0 saturated heterocycles. The fourth-order valence-corrected chi connectivity index (χ4v) is 2.22. The number of rotatable bonds is 4. The van der Waals surface area contributed by atoms with Crippen molar-refractivity contribution in [2.45, 2.75) is 5.16 Å². The van der Waals surface area contributed by atoms with Gasteiger partial charge in [0, 0.05) is 5.02 Å². The fourth-order valence-electron chi connectivity index (χ4n) is 1.38. The second-order valence-corrected chi connectivity index (χ2v) is 4.83. The van der Waals surface area contributed by atoms with Crippen molar-refractivity contribution in [2.75, 3.05) is 11.5 Å². The minimum Gasteiger partial charge on any atom is -0.481 e. The molecule has 0 saturated carbocycles. The van der Waals surface area contributed by atoms with Gasteiger partial charge in [-0.15, -0.1) is 10.2 Å². The highest BCUT2D eigenvalue weighted by molar-refractivity contribution is 7.99. The maximum Gasteiger partial charge on any atom is 0.313 e. The van der Waals surface area contributed by atoms with Crippen LogP contribution in [0.2, 0.25) is 5.02 Å². The Kier molecular flexibility index (Phi) is 3.91. The summed E-state index contributed by atoms with van der Waals surface area (Å²) >= 11 is 6.69. The molecule has 0 atom stereocenters. The molecular formula is C10H8ClFN4O2S. The van der Waals surface area contributed by atoms with Crippen molar-refractivity contribution in [3.8, 4) is 5.69 Å². The molecule has 0 fully saturated rings. The lowest BCUT2D eigenvalue weighted by molar-refractivity contribution is -0.133. The van der Waals surface area contributed by atoms with E-state index in [2.05, 4.69) is 10.2 Å². The Labute approximate surface area is 116 Å². The third-order valence-electron chi connectivity index (χ3n) is 2.13. The van der Waals surface area contributed by atoms with Gasteiger partial charge in [0.1, 0.15) is 5.82 Å². The number of hydrogen-bond acceptors (Lipinski definition) is 5. The van der Waals surface area contributed by atoms with Crippen molar-refractivity contribution in [3.05, 3.63) is 29.0 Å². The lowest BCUT2D eigenvalue weighted by Crippen LogP contribution is -2.06. The molecule has 0 radical (unpaired) electrons. The molecule has 100 valence electrons. The third kappa shape index (κ3) is 2.96. The monoisotopic (exact) mass is 302 g/mol. The zero-order chi connectivity index (χ0) is 14.0. The summed E-state index contributed by atoms with van der Waals surface area (Å²) < 4.78 is 15.0. The highest BCUT2D eigenvalue weighted by Crippen LogP contribution is 2.26. The van der Waals surface area contributed by atoms with Gasteiger partial charge in [0.25, 0.3) is 0 Å². The lowest BCUT2D eigenvalue weighted by atomic mass is 10.3. The zero-order valence-corrected chi connectivity index (χ0v) is 11.0. The summed E-state index contributed by atoms with van der Waals surface area (Å²) in [5.41, 5.74) is 5.69. The second kappa shape index (κ2) is 5.45. The summed E-state index contributed by atoms with van der Waals surface area (Å²) in [5, 5.41) is 16.5. The maximum atomic E-state index is 13.8. The lowest BCUT2D eigenvalue weighted by Gasteiger charge is -2.08. The molecule has 0 bridgehead atoms. The van der Waals surface area contributed by atoms with Gasteiger partial charge in [-0.3, -0.25) is 9.36 Å². The molecular weight excluding hydrogens is 295 g/mol. The number of aromatic nitrogens is 3. The Morgan fingerprint density at radius 2 is 2.26 bits per heavy atom. The number of carbonyl (C=O) groups is 1. The summed E-state index contributed by atoms with van der Waals surface area (Å²) in [6.07, 6.45) is 0. The standard InChI is InChI=1S/C10H8ClFN4O2S/c11-5-1-2-6(12)7(3-5)16-9(13)14-15-10(16)19-4-8(17)18/h1-3H,4H2,(H2,13,14)(H,17,18). The first kappa shape index (κ1) is 13.6. The number of hydrogen-bond donors (Lipinski definition) is 2. The maximum absolute atomic E-state index is 13.8. The molecule has 0 unspecified atom stereocenters. The van der Waals surface area contributed by atoms with Gasteiger partial charge in [0.05, 0.1) is 11.4 Å². The number of nitrogen functional groups attached to an aromatic ring is 1. The van der Waals surface area contributed by atoms with Gasteiger partial charge in [-0.25, -0.2) is 4.39 Å². The number of carboxylic acid groups (broad SMARTS) is 1. The van der Waals surface area contributed by atoms with E-state index in [4.69, 9.17) is 22.4 Å². The third-order valence-corrected chi connectivity index (χ3v) is 3.28. The van der Waals surface area contributed by atoms with Crippen LogP contribution in [-0.4, -0.2) is 31.6 Å². The molecule has 6 nitrogen and oxygen atoms in total. The van der Waals surface area contributed by atoms with Crippen LogP contribution in [0.1, 0.15) is 0 Å². The minimum atomic E-state index is -1.02. The Bertz CT molecular complexity index is 634. The van der Waals surface area contributed by atoms with E-state index in [0.717, 1.165) is 11.8 Å². The molecule has 2 aromatic rings. The Hall–Kier alpha value is -1.80. The van der Waals surface area contributed by atoms with Gasteiger partial charge in [0.2, 0.25) is 5.95 Å². The normalized spacial score (nSPS) is 10.6. The van der Waals surface area contributed by atoms with E-state index in [1.54, 1.807) is 0 Å². The van der Waals surface area contributed by atoms with Gasteiger partial charge in [-0.05, 0) is 18.2 Å². The highest BCUT2D eigenvalue weighted by atomic mass is 35.5. The second-order valence-electron chi connectivity index (χ2n) is 3.45. The van der Waals surface area contributed by atoms with E-state index in [1.807, 2.05) is 0 Å². The Morgan fingerprint density at radius 1 is 1.53 bits per heavy atom. The molecule has 0 aliphatic carbocycles. The van der Waals surface area contributed by atoms with Gasteiger partial charge in [-0.1, -0.05) is 23.4 Å². The van der Waals surface area contributed by atoms with Crippen LogP contribution in [-0.2, 0) is 4.79 Å². The number of aliphatic carboxylic acids is 1.